The van der Waals surface area contributed by atoms with Gasteiger partial charge in [0.1, 0.15) is 11.7 Å². The highest BCUT2D eigenvalue weighted by Gasteiger charge is 2.41. The maximum atomic E-state index is 13.9. The number of benzene rings is 4. The van der Waals surface area contributed by atoms with Gasteiger partial charge in [-0.2, -0.15) is 0 Å². The summed E-state index contributed by atoms with van der Waals surface area (Å²) in [5, 5.41) is 11.8. The monoisotopic (exact) mass is 682 g/mol. The second-order valence-corrected chi connectivity index (χ2v) is 13.1. The molecule has 8 rings (SSSR count). The van der Waals surface area contributed by atoms with Crippen LogP contribution in [0.3, 0.4) is 0 Å². The Bertz CT molecular complexity index is 2330. The lowest BCUT2D eigenvalue weighted by atomic mass is 10.0. The molecule has 1 aliphatic rings. The summed E-state index contributed by atoms with van der Waals surface area (Å²) in [6.07, 6.45) is 3.00. The third-order valence-corrected chi connectivity index (χ3v) is 10.1. The van der Waals surface area contributed by atoms with Crippen LogP contribution in [-0.4, -0.2) is 61.0 Å². The van der Waals surface area contributed by atoms with E-state index in [-0.39, 0.29) is 18.4 Å². The molecule has 0 bridgehead atoms. The number of methoxy groups -OCH3 is 1. The third-order valence-electron chi connectivity index (χ3n) is 9.75. The number of carbonyl (C=O) groups is 2. The molecule has 0 unspecified atom stereocenters. The van der Waals surface area contributed by atoms with Gasteiger partial charge in [-0.05, 0) is 41.3 Å². The molecule has 1 N–H and O–H groups in total. The van der Waals surface area contributed by atoms with E-state index in [0.29, 0.717) is 31.0 Å². The van der Waals surface area contributed by atoms with Gasteiger partial charge in [0.25, 0.3) is 0 Å². The standard InChI is InChI=1S/C40H35ClN6O3/c1-50-40(49)36-22-30(47-24-29(43-44-47)23-45-34-18-9-8-15-28(34)21-35(45)26-11-4-2-5-12-26)25-46(36)37(48)20-19-32-31-16-10-17-33(41)39(31)42-38(32)27-13-6-3-7-14-27/h2-18,21,24,30,36,42H,19-20,22-23,25H2,1H3/t30-,36-/m0/s1. The van der Waals surface area contributed by atoms with E-state index in [4.69, 9.17) is 16.3 Å². The van der Waals surface area contributed by atoms with Crippen LogP contribution in [0.25, 0.3) is 44.3 Å². The third kappa shape index (κ3) is 5.83. The number of aryl methyl sites for hydroxylation is 1. The topological polar surface area (TPSA) is 98.0 Å². The lowest BCUT2D eigenvalue weighted by Gasteiger charge is -2.22. The highest BCUT2D eigenvalue weighted by atomic mass is 35.5. The van der Waals surface area contributed by atoms with E-state index in [1.807, 2.05) is 85.1 Å². The molecule has 1 saturated heterocycles. The van der Waals surface area contributed by atoms with Gasteiger partial charge in [0.05, 0.1) is 36.4 Å². The molecule has 3 aromatic heterocycles. The van der Waals surface area contributed by atoms with Crippen LogP contribution in [0.1, 0.15) is 30.1 Å². The lowest BCUT2D eigenvalue weighted by Crippen LogP contribution is -2.41. The zero-order valence-electron chi connectivity index (χ0n) is 27.5. The summed E-state index contributed by atoms with van der Waals surface area (Å²) < 4.78 is 9.21. The lowest BCUT2D eigenvalue weighted by molar-refractivity contribution is -0.150. The summed E-state index contributed by atoms with van der Waals surface area (Å²) in [5.74, 6) is -0.554. The van der Waals surface area contributed by atoms with Crippen molar-refractivity contribution in [2.24, 2.45) is 0 Å². The second-order valence-electron chi connectivity index (χ2n) is 12.7. The van der Waals surface area contributed by atoms with Crippen LogP contribution in [0, 0.1) is 0 Å². The number of aromatic nitrogens is 5. The fraction of sp³-hybridized carbons (Fsp3) is 0.200. The number of ether oxygens (including phenoxy) is 1. The predicted octanol–water partition coefficient (Wildman–Crippen LogP) is 7.70. The summed E-state index contributed by atoms with van der Waals surface area (Å²) in [6, 6.07) is 35.7. The summed E-state index contributed by atoms with van der Waals surface area (Å²) in [6.45, 7) is 0.848. The number of halogens is 1. The minimum absolute atomic E-state index is 0.120. The van der Waals surface area contributed by atoms with Gasteiger partial charge in [-0.1, -0.05) is 108 Å². The number of nitrogens with one attached hydrogen (secondary N) is 1. The zero-order valence-corrected chi connectivity index (χ0v) is 28.3. The maximum absolute atomic E-state index is 13.9. The van der Waals surface area contributed by atoms with Crippen molar-refractivity contribution in [3.8, 4) is 22.5 Å². The summed E-state index contributed by atoms with van der Waals surface area (Å²) in [7, 11) is 1.36. The molecule has 1 amide bonds. The highest BCUT2D eigenvalue weighted by molar-refractivity contribution is 6.35. The van der Waals surface area contributed by atoms with Gasteiger partial charge in [0.15, 0.2) is 0 Å². The molecule has 2 atom stereocenters. The fourth-order valence-electron chi connectivity index (χ4n) is 7.32. The van der Waals surface area contributed by atoms with E-state index in [0.717, 1.165) is 55.6 Å². The number of hydrogen-bond donors (Lipinski definition) is 1. The van der Waals surface area contributed by atoms with Crippen molar-refractivity contribution in [1.29, 1.82) is 0 Å². The predicted molar refractivity (Wildman–Crippen MR) is 195 cm³/mol. The van der Waals surface area contributed by atoms with Crippen LogP contribution in [0.5, 0.6) is 0 Å². The average molecular weight is 683 g/mol. The molecule has 250 valence electrons. The van der Waals surface area contributed by atoms with Crippen molar-refractivity contribution in [3.63, 3.8) is 0 Å². The van der Waals surface area contributed by atoms with Crippen LogP contribution < -0.4 is 0 Å². The molecule has 50 heavy (non-hydrogen) atoms. The van der Waals surface area contributed by atoms with Crippen LogP contribution >= 0.6 is 11.6 Å². The van der Waals surface area contributed by atoms with Gasteiger partial charge < -0.3 is 19.2 Å². The number of para-hydroxylation sites is 2. The minimum Gasteiger partial charge on any atom is -0.467 e. The molecular weight excluding hydrogens is 648 g/mol. The number of fused-ring (bicyclic) bond motifs is 2. The number of aromatic amines is 1. The van der Waals surface area contributed by atoms with Gasteiger partial charge in [-0.3, -0.25) is 4.79 Å². The van der Waals surface area contributed by atoms with E-state index >= 15 is 0 Å². The van der Waals surface area contributed by atoms with Crippen LogP contribution in [-0.2, 0) is 27.3 Å². The molecule has 7 aromatic rings. The zero-order chi connectivity index (χ0) is 34.2. The first-order valence-corrected chi connectivity index (χ1v) is 17.1. The Balaban J connectivity index is 1.03. The van der Waals surface area contributed by atoms with Crippen molar-refractivity contribution >= 4 is 45.3 Å². The summed E-state index contributed by atoms with van der Waals surface area (Å²) in [5.41, 5.74) is 7.92. The number of nitrogens with zero attached hydrogens (tertiary/aromatic N) is 5. The van der Waals surface area contributed by atoms with Crippen molar-refractivity contribution in [2.75, 3.05) is 13.7 Å². The highest BCUT2D eigenvalue weighted by Crippen LogP contribution is 2.36. The van der Waals surface area contributed by atoms with Crippen LogP contribution in [0.4, 0.5) is 0 Å². The Morgan fingerprint density at radius 2 is 1.66 bits per heavy atom. The number of carbonyl (C=O) groups excluding carboxylic acids is 2. The normalized spacial score (nSPS) is 16.0. The molecule has 9 nitrogen and oxygen atoms in total. The largest absolute Gasteiger partial charge is 0.467 e. The number of esters is 1. The molecule has 1 fully saturated rings. The first kappa shape index (κ1) is 31.6. The molecule has 4 heterocycles. The van der Waals surface area contributed by atoms with Crippen molar-refractivity contribution < 1.29 is 14.3 Å². The molecule has 1 aliphatic heterocycles. The molecule has 10 heteroatoms. The Labute approximate surface area is 294 Å². The number of hydrogen-bond acceptors (Lipinski definition) is 5. The first-order valence-electron chi connectivity index (χ1n) is 16.7. The molecule has 0 spiro atoms. The van der Waals surface area contributed by atoms with Crippen molar-refractivity contribution in [1.82, 2.24) is 29.4 Å². The number of amides is 1. The quantitative estimate of drug-likeness (QED) is 0.157. The number of rotatable bonds is 9. The maximum Gasteiger partial charge on any atom is 0.328 e. The van der Waals surface area contributed by atoms with E-state index in [2.05, 4.69) is 50.2 Å². The molecular formula is C40H35ClN6O3. The SMILES string of the molecule is COC(=O)[C@@H]1C[C@H](n2cc(Cn3c(-c4ccccc4)cc4ccccc43)nn2)CN1C(=O)CCc1c(-c2ccccc2)[nH]c2c(Cl)cccc12. The van der Waals surface area contributed by atoms with Gasteiger partial charge in [0.2, 0.25) is 5.91 Å². The van der Waals surface area contributed by atoms with E-state index in [9.17, 15) is 9.59 Å². The number of likely N-dealkylation sites (tertiary alicyclic amines) is 1. The van der Waals surface area contributed by atoms with Gasteiger partial charge in [-0.25, -0.2) is 9.48 Å². The first-order chi connectivity index (χ1) is 24.5. The van der Waals surface area contributed by atoms with Crippen molar-refractivity contribution in [3.05, 3.63) is 132 Å². The van der Waals surface area contributed by atoms with Gasteiger partial charge >= 0.3 is 5.97 Å². The molecule has 4 aromatic carbocycles. The summed E-state index contributed by atoms with van der Waals surface area (Å²) in [4.78, 5) is 32.1. The Kier molecular flexibility index (Phi) is 8.42. The second kappa shape index (κ2) is 13.3. The Morgan fingerprint density at radius 1 is 0.920 bits per heavy atom. The van der Waals surface area contributed by atoms with Crippen LogP contribution in [0.15, 0.2) is 115 Å². The molecule has 0 radical (unpaired) electrons. The minimum atomic E-state index is -0.714. The number of H-pyrrole nitrogens is 1. The smallest absolute Gasteiger partial charge is 0.328 e. The fourth-order valence-corrected chi connectivity index (χ4v) is 7.54. The summed E-state index contributed by atoms with van der Waals surface area (Å²) >= 11 is 6.57. The average Bonchev–Trinajstić information content (AvgIpc) is 3.96. The molecule has 0 saturated carbocycles. The Hall–Kier alpha value is -5.67. The van der Waals surface area contributed by atoms with E-state index in [1.54, 1.807) is 9.58 Å². The van der Waals surface area contributed by atoms with Crippen LogP contribution in [0.2, 0.25) is 5.02 Å². The molecule has 0 aliphatic carbocycles. The van der Waals surface area contributed by atoms with E-state index in [1.165, 1.54) is 7.11 Å². The van der Waals surface area contributed by atoms with E-state index < -0.39 is 12.0 Å². The van der Waals surface area contributed by atoms with Gasteiger partial charge in [-0.15, -0.1) is 5.10 Å². The van der Waals surface area contributed by atoms with Crippen molar-refractivity contribution in [2.45, 2.75) is 37.9 Å². The van der Waals surface area contributed by atoms with Gasteiger partial charge in [0, 0.05) is 47.1 Å². The Morgan fingerprint density at radius 3 is 2.44 bits per heavy atom.